The van der Waals surface area contributed by atoms with Crippen molar-refractivity contribution in [3.05, 3.63) is 77.0 Å². The van der Waals surface area contributed by atoms with Gasteiger partial charge in [0.15, 0.2) is 0 Å². The van der Waals surface area contributed by atoms with Crippen LogP contribution in [0.15, 0.2) is 54.7 Å². The van der Waals surface area contributed by atoms with Crippen molar-refractivity contribution in [1.82, 2.24) is 9.88 Å². The molecule has 6 heteroatoms. The topological polar surface area (TPSA) is 71.9 Å². The number of hydrogen-bond acceptors (Lipinski definition) is 5. The summed E-state index contributed by atoms with van der Waals surface area (Å²) >= 11 is 0. The van der Waals surface area contributed by atoms with E-state index in [2.05, 4.69) is 74.1 Å². The number of pyridine rings is 1. The summed E-state index contributed by atoms with van der Waals surface area (Å²) in [6.45, 7) is 9.32. The van der Waals surface area contributed by atoms with Crippen LogP contribution < -0.4 is 9.47 Å². The van der Waals surface area contributed by atoms with E-state index < -0.39 is 11.9 Å². The Labute approximate surface area is 238 Å². The quantitative estimate of drug-likeness (QED) is 0.307. The lowest BCUT2D eigenvalue weighted by Gasteiger charge is -2.34. The van der Waals surface area contributed by atoms with Crippen molar-refractivity contribution in [2.45, 2.75) is 77.5 Å². The van der Waals surface area contributed by atoms with Crippen LogP contribution in [0.25, 0.3) is 11.1 Å². The standard InChI is InChI=1S/C34H42N2O4/c1-21(33(37)38)32(23-8-9-23)26-10-7-22-12-14-29(40-30(22)18-26)28-13-11-24(25-15-16-35-31(19-25)39-6)17-27(28)20-36(5)34(2,3)4/h7,10-11,13,15-19,21,23,29,32H,8-9,12,14,20H2,1-6H3,(H,37,38)/t21-,29?,32?/m0/s1. The van der Waals surface area contributed by atoms with E-state index in [9.17, 15) is 9.90 Å². The Hall–Kier alpha value is -3.38. The van der Waals surface area contributed by atoms with Gasteiger partial charge in [0, 0.05) is 24.3 Å². The number of carbonyl (C=O) groups is 1. The first kappa shape index (κ1) is 28.2. The number of hydrogen-bond donors (Lipinski definition) is 1. The Balaban J connectivity index is 1.48. The molecule has 6 nitrogen and oxygen atoms in total. The number of carboxylic acids is 1. The van der Waals surface area contributed by atoms with Crippen LogP contribution in [0, 0.1) is 11.8 Å². The predicted octanol–water partition coefficient (Wildman–Crippen LogP) is 7.27. The molecule has 2 unspecified atom stereocenters. The van der Waals surface area contributed by atoms with E-state index in [-0.39, 0.29) is 17.6 Å². The Morgan fingerprint density at radius 2 is 1.85 bits per heavy atom. The van der Waals surface area contributed by atoms with Crippen LogP contribution in [0.4, 0.5) is 0 Å². The second-order valence-electron chi connectivity index (χ2n) is 12.5. The average molecular weight is 543 g/mol. The largest absolute Gasteiger partial charge is 0.485 e. The smallest absolute Gasteiger partial charge is 0.306 e. The summed E-state index contributed by atoms with van der Waals surface area (Å²) in [4.78, 5) is 18.5. The van der Waals surface area contributed by atoms with Crippen LogP contribution in [0.3, 0.4) is 0 Å². The van der Waals surface area contributed by atoms with Gasteiger partial charge in [0.05, 0.1) is 13.0 Å². The third kappa shape index (κ3) is 6.02. The monoisotopic (exact) mass is 542 g/mol. The number of aliphatic carboxylic acids is 1. The van der Waals surface area contributed by atoms with Gasteiger partial charge in [-0.3, -0.25) is 9.69 Å². The molecule has 0 spiro atoms. The third-order valence-electron chi connectivity index (χ3n) is 8.80. The second kappa shape index (κ2) is 11.2. The van der Waals surface area contributed by atoms with E-state index in [1.54, 1.807) is 13.3 Å². The van der Waals surface area contributed by atoms with Crippen molar-refractivity contribution in [2.75, 3.05) is 14.2 Å². The molecule has 1 aliphatic heterocycles. The van der Waals surface area contributed by atoms with Crippen molar-refractivity contribution in [3.63, 3.8) is 0 Å². The summed E-state index contributed by atoms with van der Waals surface area (Å²) < 4.78 is 12.1. The molecule has 5 rings (SSSR count). The molecule has 2 heterocycles. The second-order valence-corrected chi connectivity index (χ2v) is 12.5. The molecule has 3 atom stereocenters. The van der Waals surface area contributed by atoms with Crippen LogP contribution in [-0.4, -0.2) is 40.7 Å². The molecule has 0 bridgehead atoms. The SMILES string of the molecule is COc1cc(-c2ccc(C3CCc4ccc(C(C5CC5)[C@H](C)C(=O)O)cc4O3)c(CN(C)C(C)(C)C)c2)ccn1. The number of ether oxygens (including phenoxy) is 2. The zero-order chi connectivity index (χ0) is 28.6. The molecule has 2 aliphatic rings. The first-order chi connectivity index (χ1) is 19.0. The van der Waals surface area contributed by atoms with Gasteiger partial charge in [-0.1, -0.05) is 31.2 Å². The minimum absolute atomic E-state index is 0.0146. The van der Waals surface area contributed by atoms with E-state index >= 15 is 0 Å². The fourth-order valence-corrected chi connectivity index (χ4v) is 5.82. The third-order valence-corrected chi connectivity index (χ3v) is 8.80. The fraction of sp³-hybridized carbons (Fsp3) is 0.471. The molecule has 0 radical (unpaired) electrons. The highest BCUT2D eigenvalue weighted by Gasteiger charge is 2.39. The van der Waals surface area contributed by atoms with Crippen molar-refractivity contribution in [3.8, 4) is 22.8 Å². The minimum Gasteiger partial charge on any atom is -0.485 e. The van der Waals surface area contributed by atoms with Gasteiger partial charge in [-0.05, 0) is 117 Å². The van der Waals surface area contributed by atoms with Gasteiger partial charge in [0.2, 0.25) is 5.88 Å². The molecule has 1 N–H and O–H groups in total. The molecule has 1 aromatic heterocycles. The highest BCUT2D eigenvalue weighted by atomic mass is 16.5. The van der Waals surface area contributed by atoms with Gasteiger partial charge < -0.3 is 14.6 Å². The maximum atomic E-state index is 11.9. The normalized spacial score (nSPS) is 18.5. The molecule has 1 aliphatic carbocycles. The number of carboxylic acid groups (broad SMARTS) is 1. The zero-order valence-corrected chi connectivity index (χ0v) is 24.6. The number of fused-ring (bicyclic) bond motifs is 1. The highest BCUT2D eigenvalue weighted by molar-refractivity contribution is 5.71. The van der Waals surface area contributed by atoms with Gasteiger partial charge in [0.1, 0.15) is 11.9 Å². The predicted molar refractivity (Wildman–Crippen MR) is 158 cm³/mol. The van der Waals surface area contributed by atoms with Gasteiger partial charge in [-0.2, -0.15) is 0 Å². The van der Waals surface area contributed by atoms with Crippen LogP contribution >= 0.6 is 0 Å². The van der Waals surface area contributed by atoms with Crippen molar-refractivity contribution in [2.24, 2.45) is 11.8 Å². The number of benzene rings is 2. The first-order valence-corrected chi connectivity index (χ1v) is 14.4. The van der Waals surface area contributed by atoms with Crippen LogP contribution in [0.2, 0.25) is 0 Å². The lowest BCUT2D eigenvalue weighted by molar-refractivity contribution is -0.142. The lowest BCUT2D eigenvalue weighted by atomic mass is 9.82. The maximum absolute atomic E-state index is 11.9. The fourth-order valence-electron chi connectivity index (χ4n) is 5.82. The van der Waals surface area contributed by atoms with E-state index in [4.69, 9.17) is 9.47 Å². The first-order valence-electron chi connectivity index (χ1n) is 14.4. The summed E-state index contributed by atoms with van der Waals surface area (Å²) in [5, 5.41) is 9.77. The van der Waals surface area contributed by atoms with Gasteiger partial charge in [-0.25, -0.2) is 4.98 Å². The zero-order valence-electron chi connectivity index (χ0n) is 24.6. The van der Waals surface area contributed by atoms with E-state index in [0.717, 1.165) is 54.7 Å². The molecular formula is C34H42N2O4. The maximum Gasteiger partial charge on any atom is 0.306 e. The summed E-state index contributed by atoms with van der Waals surface area (Å²) in [7, 11) is 3.80. The minimum atomic E-state index is -0.729. The van der Waals surface area contributed by atoms with Gasteiger partial charge in [0.25, 0.3) is 0 Å². The number of nitrogens with zero attached hydrogens (tertiary/aromatic N) is 2. The molecule has 0 saturated heterocycles. The number of rotatable bonds is 9. The van der Waals surface area contributed by atoms with Crippen molar-refractivity contribution < 1.29 is 19.4 Å². The molecule has 1 saturated carbocycles. The lowest BCUT2D eigenvalue weighted by Crippen LogP contribution is -2.37. The summed E-state index contributed by atoms with van der Waals surface area (Å²) in [6, 6.07) is 17.0. The van der Waals surface area contributed by atoms with Gasteiger partial charge in [-0.15, -0.1) is 0 Å². The molecule has 2 aromatic carbocycles. The van der Waals surface area contributed by atoms with Crippen LogP contribution in [0.1, 0.15) is 81.2 Å². The van der Waals surface area contributed by atoms with Crippen LogP contribution in [-0.2, 0) is 17.8 Å². The van der Waals surface area contributed by atoms with Crippen molar-refractivity contribution >= 4 is 5.97 Å². The van der Waals surface area contributed by atoms with Crippen LogP contribution in [0.5, 0.6) is 11.6 Å². The number of methoxy groups -OCH3 is 1. The Bertz CT molecular complexity index is 1370. The highest BCUT2D eigenvalue weighted by Crippen LogP contribution is 2.48. The molecule has 3 aromatic rings. The Morgan fingerprint density at radius 3 is 2.52 bits per heavy atom. The molecular weight excluding hydrogens is 500 g/mol. The molecule has 212 valence electrons. The van der Waals surface area contributed by atoms with Crippen molar-refractivity contribution in [1.29, 1.82) is 0 Å². The molecule has 0 amide bonds. The number of aromatic nitrogens is 1. The Kier molecular flexibility index (Phi) is 7.92. The molecule has 40 heavy (non-hydrogen) atoms. The Morgan fingerprint density at radius 1 is 1.10 bits per heavy atom. The summed E-state index contributed by atoms with van der Waals surface area (Å²) in [5.41, 5.74) is 6.94. The molecule has 1 fully saturated rings. The van der Waals surface area contributed by atoms with E-state index in [0.29, 0.717) is 11.8 Å². The number of aryl methyl sites for hydroxylation is 1. The summed E-state index contributed by atoms with van der Waals surface area (Å²) in [6.07, 6.45) is 5.75. The summed E-state index contributed by atoms with van der Waals surface area (Å²) in [5.74, 6) is 0.827. The van der Waals surface area contributed by atoms with E-state index in [1.165, 1.54) is 16.7 Å². The van der Waals surface area contributed by atoms with E-state index in [1.807, 2.05) is 19.1 Å². The van der Waals surface area contributed by atoms with Gasteiger partial charge >= 0.3 is 5.97 Å². The average Bonchev–Trinajstić information content (AvgIpc) is 3.77.